The average Bonchev–Trinajstić information content (AvgIpc) is 3.17. The summed E-state index contributed by atoms with van der Waals surface area (Å²) >= 11 is 0. The second kappa shape index (κ2) is 6.58. The molecule has 1 aromatic rings. The molecule has 1 aromatic carbocycles. The van der Waals surface area contributed by atoms with Crippen LogP contribution in [-0.2, 0) is 17.9 Å². The van der Waals surface area contributed by atoms with E-state index in [1.54, 1.807) is 0 Å². The maximum absolute atomic E-state index is 5.55. The Morgan fingerprint density at radius 3 is 2.94 bits per heavy atom. The van der Waals surface area contributed by atoms with Crippen LogP contribution in [0, 0.1) is 0 Å². The number of hydrogen-bond acceptors (Lipinski definition) is 2. The molecule has 0 unspecified atom stereocenters. The Bertz CT molecular complexity index is 369. The molecule has 0 aliphatic heterocycles. The van der Waals surface area contributed by atoms with Crippen LogP contribution < -0.4 is 5.32 Å². The first-order chi connectivity index (χ1) is 8.38. The number of rotatable bonds is 7. The van der Waals surface area contributed by atoms with Crippen molar-refractivity contribution in [2.24, 2.45) is 0 Å². The molecular weight excluding hydrogens is 210 g/mol. The molecule has 1 fully saturated rings. The second-order valence-corrected chi connectivity index (χ2v) is 4.56. The molecule has 0 amide bonds. The number of benzene rings is 1. The van der Waals surface area contributed by atoms with Crippen molar-refractivity contribution in [2.75, 3.05) is 6.61 Å². The topological polar surface area (TPSA) is 21.3 Å². The van der Waals surface area contributed by atoms with Crippen molar-refractivity contribution < 1.29 is 4.74 Å². The van der Waals surface area contributed by atoms with Gasteiger partial charge in [0.2, 0.25) is 0 Å². The standard InChI is InChI=1S/C15H21NO/c1-2-3-9-17-12-14-6-4-5-13(10-14)11-16-15-7-8-15/h2-6,10,15-16H,7-9,11-12H2,1H3/b3-2+. The zero-order valence-electron chi connectivity index (χ0n) is 10.5. The van der Waals surface area contributed by atoms with Crippen molar-refractivity contribution in [3.63, 3.8) is 0 Å². The Labute approximate surface area is 104 Å². The Balaban J connectivity index is 1.77. The van der Waals surface area contributed by atoms with Crippen molar-refractivity contribution in [2.45, 2.75) is 39.0 Å². The highest BCUT2D eigenvalue weighted by atomic mass is 16.5. The van der Waals surface area contributed by atoms with Crippen LogP contribution in [0.15, 0.2) is 36.4 Å². The van der Waals surface area contributed by atoms with Crippen molar-refractivity contribution in [1.82, 2.24) is 5.32 Å². The van der Waals surface area contributed by atoms with Gasteiger partial charge in [0.15, 0.2) is 0 Å². The van der Waals surface area contributed by atoms with Gasteiger partial charge in [0, 0.05) is 12.6 Å². The molecule has 1 saturated carbocycles. The summed E-state index contributed by atoms with van der Waals surface area (Å²) in [7, 11) is 0. The molecular formula is C15H21NO. The molecule has 2 nitrogen and oxygen atoms in total. The van der Waals surface area contributed by atoms with Gasteiger partial charge in [-0.2, -0.15) is 0 Å². The summed E-state index contributed by atoms with van der Waals surface area (Å²) in [5.41, 5.74) is 2.61. The highest BCUT2D eigenvalue weighted by Crippen LogP contribution is 2.19. The lowest BCUT2D eigenvalue weighted by molar-refractivity contribution is 0.148. The summed E-state index contributed by atoms with van der Waals surface area (Å²) in [5, 5.41) is 3.52. The fraction of sp³-hybridized carbons (Fsp3) is 0.467. The first kappa shape index (κ1) is 12.3. The van der Waals surface area contributed by atoms with Crippen LogP contribution in [-0.4, -0.2) is 12.6 Å². The van der Waals surface area contributed by atoms with E-state index < -0.39 is 0 Å². The van der Waals surface area contributed by atoms with Crippen molar-refractivity contribution in [1.29, 1.82) is 0 Å². The fourth-order valence-electron chi connectivity index (χ4n) is 1.72. The number of nitrogens with one attached hydrogen (secondary N) is 1. The second-order valence-electron chi connectivity index (χ2n) is 4.56. The van der Waals surface area contributed by atoms with E-state index in [1.165, 1.54) is 24.0 Å². The van der Waals surface area contributed by atoms with E-state index in [1.807, 2.05) is 19.1 Å². The first-order valence-corrected chi connectivity index (χ1v) is 6.38. The highest BCUT2D eigenvalue weighted by Gasteiger charge is 2.19. The maximum Gasteiger partial charge on any atom is 0.0721 e. The molecule has 0 heterocycles. The first-order valence-electron chi connectivity index (χ1n) is 6.38. The lowest BCUT2D eigenvalue weighted by Crippen LogP contribution is -2.15. The summed E-state index contributed by atoms with van der Waals surface area (Å²) in [5.74, 6) is 0. The quantitative estimate of drug-likeness (QED) is 0.575. The average molecular weight is 231 g/mol. The van der Waals surface area contributed by atoms with E-state index in [2.05, 4.69) is 29.6 Å². The molecule has 1 N–H and O–H groups in total. The molecule has 1 aliphatic rings. The molecule has 2 rings (SSSR count). The van der Waals surface area contributed by atoms with E-state index in [-0.39, 0.29) is 0 Å². The van der Waals surface area contributed by atoms with E-state index in [4.69, 9.17) is 4.74 Å². The fourth-order valence-corrected chi connectivity index (χ4v) is 1.72. The van der Waals surface area contributed by atoms with Crippen molar-refractivity contribution in [3.8, 4) is 0 Å². The van der Waals surface area contributed by atoms with Gasteiger partial charge in [-0.05, 0) is 30.9 Å². The molecule has 92 valence electrons. The zero-order valence-corrected chi connectivity index (χ0v) is 10.5. The van der Waals surface area contributed by atoms with Crippen LogP contribution in [0.4, 0.5) is 0 Å². The minimum absolute atomic E-state index is 0.695. The normalized spacial score (nSPS) is 15.6. The predicted octanol–water partition coefficient (Wildman–Crippen LogP) is 3.03. The van der Waals surface area contributed by atoms with Crippen LogP contribution in [0.1, 0.15) is 30.9 Å². The van der Waals surface area contributed by atoms with E-state index in [0.29, 0.717) is 13.2 Å². The van der Waals surface area contributed by atoms with Crippen LogP contribution in [0.25, 0.3) is 0 Å². The zero-order chi connectivity index (χ0) is 11.9. The lowest BCUT2D eigenvalue weighted by Gasteiger charge is -2.06. The maximum atomic E-state index is 5.55. The minimum Gasteiger partial charge on any atom is -0.373 e. The third-order valence-corrected chi connectivity index (χ3v) is 2.88. The largest absolute Gasteiger partial charge is 0.373 e. The monoisotopic (exact) mass is 231 g/mol. The summed E-state index contributed by atoms with van der Waals surface area (Å²) < 4.78 is 5.55. The smallest absolute Gasteiger partial charge is 0.0721 e. The Morgan fingerprint density at radius 1 is 1.35 bits per heavy atom. The van der Waals surface area contributed by atoms with Crippen LogP contribution in [0.2, 0.25) is 0 Å². The van der Waals surface area contributed by atoms with Crippen LogP contribution in [0.3, 0.4) is 0 Å². The van der Waals surface area contributed by atoms with Gasteiger partial charge in [-0.3, -0.25) is 0 Å². The van der Waals surface area contributed by atoms with Crippen LogP contribution >= 0.6 is 0 Å². The van der Waals surface area contributed by atoms with Gasteiger partial charge < -0.3 is 10.1 Å². The molecule has 1 aliphatic carbocycles. The summed E-state index contributed by atoms with van der Waals surface area (Å²) in [4.78, 5) is 0. The molecule has 2 heteroatoms. The van der Waals surface area contributed by atoms with Crippen molar-refractivity contribution >= 4 is 0 Å². The molecule has 0 saturated heterocycles. The summed E-state index contributed by atoms with van der Waals surface area (Å²) in [6, 6.07) is 9.40. The van der Waals surface area contributed by atoms with E-state index in [9.17, 15) is 0 Å². The SMILES string of the molecule is C/C=C/COCc1cccc(CNC2CC2)c1. The number of ether oxygens (including phenoxy) is 1. The van der Waals surface area contributed by atoms with Crippen LogP contribution in [0.5, 0.6) is 0 Å². The van der Waals surface area contributed by atoms with Gasteiger partial charge in [0.25, 0.3) is 0 Å². The number of allylic oxidation sites excluding steroid dienone is 1. The Hall–Kier alpha value is -1.12. The third kappa shape index (κ3) is 4.72. The summed E-state index contributed by atoms with van der Waals surface area (Å²) in [6.45, 7) is 4.38. The lowest BCUT2D eigenvalue weighted by atomic mass is 10.1. The third-order valence-electron chi connectivity index (χ3n) is 2.88. The Morgan fingerprint density at radius 2 is 2.18 bits per heavy atom. The van der Waals surface area contributed by atoms with E-state index >= 15 is 0 Å². The van der Waals surface area contributed by atoms with Gasteiger partial charge in [0.1, 0.15) is 0 Å². The van der Waals surface area contributed by atoms with Gasteiger partial charge in [-0.1, -0.05) is 36.4 Å². The molecule has 0 bridgehead atoms. The van der Waals surface area contributed by atoms with Gasteiger partial charge >= 0.3 is 0 Å². The molecule has 0 radical (unpaired) electrons. The molecule has 0 atom stereocenters. The summed E-state index contributed by atoms with van der Waals surface area (Å²) in [6.07, 6.45) is 6.72. The molecule has 0 spiro atoms. The van der Waals surface area contributed by atoms with Gasteiger partial charge in [0.05, 0.1) is 13.2 Å². The van der Waals surface area contributed by atoms with E-state index in [0.717, 1.165) is 12.6 Å². The molecule has 0 aromatic heterocycles. The minimum atomic E-state index is 0.695. The Kier molecular flexibility index (Phi) is 4.77. The van der Waals surface area contributed by atoms with Crippen molar-refractivity contribution in [3.05, 3.63) is 47.5 Å². The number of hydrogen-bond donors (Lipinski definition) is 1. The predicted molar refractivity (Wildman–Crippen MR) is 70.8 cm³/mol. The van der Waals surface area contributed by atoms with Gasteiger partial charge in [-0.25, -0.2) is 0 Å². The van der Waals surface area contributed by atoms with Gasteiger partial charge in [-0.15, -0.1) is 0 Å². The molecule has 17 heavy (non-hydrogen) atoms. The highest BCUT2D eigenvalue weighted by molar-refractivity contribution is 5.23.